The van der Waals surface area contributed by atoms with Crippen molar-refractivity contribution in [1.29, 1.82) is 0 Å². The quantitative estimate of drug-likeness (QED) is 0.436. The molecule has 0 aliphatic heterocycles. The molecular formula is C26H30N2O5S. The van der Waals surface area contributed by atoms with Gasteiger partial charge in [0.15, 0.2) is 0 Å². The lowest BCUT2D eigenvalue weighted by molar-refractivity contribution is 0.350. The van der Waals surface area contributed by atoms with Crippen LogP contribution in [0.3, 0.4) is 0 Å². The van der Waals surface area contributed by atoms with Crippen molar-refractivity contribution in [3.8, 4) is 16.9 Å². The monoisotopic (exact) mass is 482 g/mol. The van der Waals surface area contributed by atoms with E-state index in [1.165, 1.54) is 0 Å². The topological polar surface area (TPSA) is 108 Å². The maximum atomic E-state index is 12.5. The van der Waals surface area contributed by atoms with Crippen LogP contribution in [0, 0.1) is 0 Å². The smallest absolute Gasteiger partial charge is 0.255 e. The first-order chi connectivity index (χ1) is 15.9. The van der Waals surface area contributed by atoms with Crippen LogP contribution < -0.4 is 15.0 Å². The summed E-state index contributed by atoms with van der Waals surface area (Å²) in [6.07, 6.45) is 4.50. The first-order valence-electron chi connectivity index (χ1n) is 10.7. The molecule has 0 radical (unpaired) electrons. The summed E-state index contributed by atoms with van der Waals surface area (Å²) in [4.78, 5) is 15.2. The molecule has 0 fully saturated rings. The minimum Gasteiger partial charge on any atom is -0.496 e. The molecule has 7 nitrogen and oxygen atoms in total. The van der Waals surface area contributed by atoms with Crippen LogP contribution in [-0.4, -0.2) is 38.5 Å². The number of aromatic nitrogens is 1. The van der Waals surface area contributed by atoms with Crippen LogP contribution in [0.4, 0.5) is 5.69 Å². The van der Waals surface area contributed by atoms with Gasteiger partial charge in [0.05, 0.1) is 20.0 Å². The van der Waals surface area contributed by atoms with Gasteiger partial charge in [0.2, 0.25) is 10.0 Å². The van der Waals surface area contributed by atoms with Crippen LogP contribution in [0.2, 0.25) is 0 Å². The second-order valence-electron chi connectivity index (χ2n) is 9.09. The molecular weight excluding hydrogens is 452 g/mol. The SMILES string of the molecule is COc1c(/C=C(/CO)c2ccc(NS(C)(=O)=O)cc2)cc(-c2ccc[nH]c2=O)cc1C(C)(C)C. The molecule has 3 aromatic rings. The van der Waals surface area contributed by atoms with E-state index in [4.69, 9.17) is 4.74 Å². The summed E-state index contributed by atoms with van der Waals surface area (Å²) in [5.41, 5.74) is 4.22. The van der Waals surface area contributed by atoms with Crippen LogP contribution in [0.5, 0.6) is 5.75 Å². The summed E-state index contributed by atoms with van der Waals surface area (Å²) in [7, 11) is -1.79. The Hall–Kier alpha value is -3.36. The highest BCUT2D eigenvalue weighted by molar-refractivity contribution is 7.92. The summed E-state index contributed by atoms with van der Waals surface area (Å²) >= 11 is 0. The van der Waals surface area contributed by atoms with Crippen molar-refractivity contribution in [3.05, 3.63) is 81.8 Å². The van der Waals surface area contributed by atoms with Crippen LogP contribution in [0.25, 0.3) is 22.8 Å². The highest BCUT2D eigenvalue weighted by atomic mass is 32.2. The number of H-pyrrole nitrogens is 1. The van der Waals surface area contributed by atoms with Crippen molar-refractivity contribution >= 4 is 27.4 Å². The van der Waals surface area contributed by atoms with Crippen molar-refractivity contribution in [2.24, 2.45) is 0 Å². The molecule has 0 aliphatic rings. The Balaban J connectivity index is 2.19. The van der Waals surface area contributed by atoms with Crippen molar-refractivity contribution in [2.45, 2.75) is 26.2 Å². The minimum absolute atomic E-state index is 0.196. The standard InChI is InChI=1S/C26H30N2O5S/c1-26(2,3)23-15-18(22-7-6-12-27-25(22)30)13-19(24(23)33-4)14-20(16-29)17-8-10-21(11-9-17)28-34(5,31)32/h6-15,28-29H,16H2,1-5H3,(H,27,30)/b20-14-. The van der Waals surface area contributed by atoms with Crippen LogP contribution >= 0.6 is 0 Å². The number of aliphatic hydroxyl groups excluding tert-OH is 1. The van der Waals surface area contributed by atoms with E-state index in [1.807, 2.05) is 18.2 Å². The molecule has 0 saturated carbocycles. The van der Waals surface area contributed by atoms with E-state index in [0.717, 1.165) is 28.5 Å². The number of aliphatic hydroxyl groups is 1. The summed E-state index contributed by atoms with van der Waals surface area (Å²) in [6, 6.07) is 14.1. The van der Waals surface area contributed by atoms with Gasteiger partial charge in [-0.05, 0) is 64.6 Å². The van der Waals surface area contributed by atoms with E-state index in [0.29, 0.717) is 22.6 Å². The molecule has 34 heavy (non-hydrogen) atoms. The van der Waals surface area contributed by atoms with Gasteiger partial charge in [-0.3, -0.25) is 9.52 Å². The number of aromatic amines is 1. The Kier molecular flexibility index (Phi) is 7.33. The molecule has 1 heterocycles. The average Bonchev–Trinajstić information content (AvgIpc) is 2.76. The van der Waals surface area contributed by atoms with Crippen molar-refractivity contribution in [1.82, 2.24) is 4.98 Å². The molecule has 2 aromatic carbocycles. The zero-order valence-corrected chi connectivity index (χ0v) is 20.8. The molecule has 0 saturated heterocycles. The number of methoxy groups -OCH3 is 1. The first-order valence-corrected chi connectivity index (χ1v) is 12.6. The second-order valence-corrected chi connectivity index (χ2v) is 10.8. The molecule has 3 N–H and O–H groups in total. The van der Waals surface area contributed by atoms with Crippen molar-refractivity contribution in [2.75, 3.05) is 24.7 Å². The van der Waals surface area contributed by atoms with E-state index in [9.17, 15) is 18.3 Å². The zero-order valence-electron chi connectivity index (χ0n) is 20.0. The van der Waals surface area contributed by atoms with Gasteiger partial charge in [0.25, 0.3) is 5.56 Å². The Bertz CT molecular complexity index is 1370. The van der Waals surface area contributed by atoms with E-state index in [1.54, 1.807) is 49.7 Å². The number of anilines is 1. The lowest BCUT2D eigenvalue weighted by Crippen LogP contribution is -2.15. The molecule has 0 spiro atoms. The molecule has 0 aliphatic carbocycles. The number of rotatable bonds is 7. The number of benzene rings is 2. The van der Waals surface area contributed by atoms with Gasteiger partial charge >= 0.3 is 0 Å². The van der Waals surface area contributed by atoms with Gasteiger partial charge in [0.1, 0.15) is 5.75 Å². The van der Waals surface area contributed by atoms with Crippen molar-refractivity contribution in [3.63, 3.8) is 0 Å². The Morgan fingerprint density at radius 1 is 1.15 bits per heavy atom. The molecule has 0 atom stereocenters. The fraction of sp³-hybridized carbons (Fsp3) is 0.269. The predicted octanol–water partition coefficient (Wildman–Crippen LogP) is 4.25. The Morgan fingerprint density at radius 3 is 2.35 bits per heavy atom. The van der Waals surface area contributed by atoms with Crippen LogP contribution in [0.15, 0.2) is 59.5 Å². The summed E-state index contributed by atoms with van der Waals surface area (Å²) in [5.74, 6) is 0.657. The van der Waals surface area contributed by atoms with E-state index >= 15 is 0 Å². The van der Waals surface area contributed by atoms with E-state index in [2.05, 4.69) is 30.5 Å². The summed E-state index contributed by atoms with van der Waals surface area (Å²) < 4.78 is 31.2. The molecule has 3 rings (SSSR count). The number of nitrogens with one attached hydrogen (secondary N) is 2. The van der Waals surface area contributed by atoms with Crippen LogP contribution in [0.1, 0.15) is 37.5 Å². The first kappa shape index (κ1) is 25.3. The molecule has 0 bridgehead atoms. The number of sulfonamides is 1. The number of pyridine rings is 1. The highest BCUT2D eigenvalue weighted by Crippen LogP contribution is 2.39. The Labute approximate surface area is 200 Å². The van der Waals surface area contributed by atoms with Crippen molar-refractivity contribution < 1.29 is 18.3 Å². The third-order valence-corrected chi connectivity index (χ3v) is 5.92. The van der Waals surface area contributed by atoms with E-state index < -0.39 is 10.0 Å². The largest absolute Gasteiger partial charge is 0.496 e. The third kappa shape index (κ3) is 5.95. The normalized spacial score (nSPS) is 12.5. The predicted molar refractivity (Wildman–Crippen MR) is 138 cm³/mol. The number of ether oxygens (including phenoxy) is 1. The van der Waals surface area contributed by atoms with Gasteiger partial charge in [-0.15, -0.1) is 0 Å². The van der Waals surface area contributed by atoms with E-state index in [-0.39, 0.29) is 17.6 Å². The van der Waals surface area contributed by atoms with Gasteiger partial charge in [-0.2, -0.15) is 0 Å². The lowest BCUT2D eigenvalue weighted by atomic mass is 9.83. The second kappa shape index (κ2) is 9.87. The minimum atomic E-state index is -3.39. The fourth-order valence-electron chi connectivity index (χ4n) is 3.72. The van der Waals surface area contributed by atoms with Crippen LogP contribution in [-0.2, 0) is 15.4 Å². The Morgan fingerprint density at radius 2 is 1.82 bits per heavy atom. The van der Waals surface area contributed by atoms with Gasteiger partial charge in [-0.1, -0.05) is 32.9 Å². The maximum Gasteiger partial charge on any atom is 0.255 e. The molecule has 1 aromatic heterocycles. The van der Waals surface area contributed by atoms with Gasteiger partial charge < -0.3 is 14.8 Å². The maximum absolute atomic E-state index is 12.5. The lowest BCUT2D eigenvalue weighted by Gasteiger charge is -2.25. The highest BCUT2D eigenvalue weighted by Gasteiger charge is 2.23. The molecule has 180 valence electrons. The molecule has 0 unspecified atom stereocenters. The fourth-order valence-corrected chi connectivity index (χ4v) is 4.29. The van der Waals surface area contributed by atoms with Gasteiger partial charge in [0, 0.05) is 28.6 Å². The summed E-state index contributed by atoms with van der Waals surface area (Å²) in [6.45, 7) is 5.95. The zero-order chi connectivity index (χ0) is 25.1. The molecule has 8 heteroatoms. The number of hydrogen-bond donors (Lipinski definition) is 3. The third-order valence-electron chi connectivity index (χ3n) is 5.32. The van der Waals surface area contributed by atoms with Gasteiger partial charge in [-0.25, -0.2) is 8.42 Å². The summed E-state index contributed by atoms with van der Waals surface area (Å²) in [5, 5.41) is 10.1. The number of hydrogen-bond acceptors (Lipinski definition) is 5. The molecule has 0 amide bonds. The average molecular weight is 483 g/mol.